The van der Waals surface area contributed by atoms with Gasteiger partial charge in [0.15, 0.2) is 0 Å². The van der Waals surface area contributed by atoms with Gasteiger partial charge in [-0.05, 0) is 51.5 Å². The van der Waals surface area contributed by atoms with Crippen LogP contribution in [0.15, 0.2) is 40.6 Å². The SMILES string of the molecule is C=C1/C=C(\C)[C@H](CC)OC(=O)[C@H](C)C(O)(CO)C(=NOCCC)C/C(C)=C/C(C)C1. The maximum atomic E-state index is 12.9. The van der Waals surface area contributed by atoms with E-state index in [9.17, 15) is 15.0 Å². The Morgan fingerprint density at radius 2 is 2.00 bits per heavy atom. The molecule has 0 bridgehead atoms. The van der Waals surface area contributed by atoms with E-state index in [0.29, 0.717) is 13.0 Å². The van der Waals surface area contributed by atoms with E-state index in [0.717, 1.165) is 29.6 Å². The lowest BCUT2D eigenvalue weighted by Gasteiger charge is -2.33. The van der Waals surface area contributed by atoms with Gasteiger partial charge in [0, 0.05) is 6.42 Å². The van der Waals surface area contributed by atoms with Gasteiger partial charge in [-0.25, -0.2) is 0 Å². The Bertz CT molecular complexity index is 694. The van der Waals surface area contributed by atoms with E-state index in [2.05, 4.69) is 24.7 Å². The Morgan fingerprint density at radius 3 is 2.57 bits per heavy atom. The molecule has 0 aromatic rings. The first-order valence-corrected chi connectivity index (χ1v) is 10.8. The molecule has 6 heteroatoms. The summed E-state index contributed by atoms with van der Waals surface area (Å²) in [6.45, 7) is 15.3. The van der Waals surface area contributed by atoms with E-state index < -0.39 is 30.2 Å². The van der Waals surface area contributed by atoms with Crippen molar-refractivity contribution in [2.24, 2.45) is 17.0 Å². The molecule has 0 amide bonds. The van der Waals surface area contributed by atoms with Crippen molar-refractivity contribution in [2.45, 2.75) is 78.9 Å². The van der Waals surface area contributed by atoms with Crippen LogP contribution in [-0.4, -0.2) is 46.8 Å². The second-order valence-electron chi connectivity index (χ2n) is 8.43. The predicted octanol–water partition coefficient (Wildman–Crippen LogP) is 4.33. The van der Waals surface area contributed by atoms with Gasteiger partial charge < -0.3 is 19.8 Å². The third-order valence-electron chi connectivity index (χ3n) is 5.45. The van der Waals surface area contributed by atoms with Gasteiger partial charge in [-0.1, -0.05) is 55.8 Å². The van der Waals surface area contributed by atoms with Crippen LogP contribution in [0.5, 0.6) is 0 Å². The topological polar surface area (TPSA) is 88.4 Å². The van der Waals surface area contributed by atoms with Crippen LogP contribution in [0, 0.1) is 11.8 Å². The molecule has 0 spiro atoms. The number of esters is 1. The molecule has 0 aromatic carbocycles. The Hall–Kier alpha value is -1.92. The first-order valence-electron chi connectivity index (χ1n) is 10.8. The molecule has 1 aliphatic rings. The predicted molar refractivity (Wildman–Crippen MR) is 120 cm³/mol. The highest BCUT2D eigenvalue weighted by Gasteiger charge is 2.44. The molecule has 2 N–H and O–H groups in total. The molecule has 30 heavy (non-hydrogen) atoms. The summed E-state index contributed by atoms with van der Waals surface area (Å²) in [5.74, 6) is -1.39. The van der Waals surface area contributed by atoms with Crippen LogP contribution in [0.1, 0.15) is 67.2 Å². The minimum Gasteiger partial charge on any atom is -0.458 e. The maximum absolute atomic E-state index is 12.9. The number of hydrogen-bond donors (Lipinski definition) is 2. The summed E-state index contributed by atoms with van der Waals surface area (Å²) in [5, 5.41) is 25.5. The van der Waals surface area contributed by atoms with E-state index in [-0.39, 0.29) is 18.1 Å². The first kappa shape index (κ1) is 26.1. The van der Waals surface area contributed by atoms with Gasteiger partial charge in [0.25, 0.3) is 0 Å². The fourth-order valence-electron chi connectivity index (χ4n) is 3.65. The second kappa shape index (κ2) is 12.1. The maximum Gasteiger partial charge on any atom is 0.312 e. The van der Waals surface area contributed by atoms with Gasteiger partial charge in [0.2, 0.25) is 0 Å². The first-order chi connectivity index (χ1) is 14.1. The number of oxime groups is 1. The fourth-order valence-corrected chi connectivity index (χ4v) is 3.65. The van der Waals surface area contributed by atoms with Crippen molar-refractivity contribution >= 4 is 11.7 Å². The highest BCUT2D eigenvalue weighted by atomic mass is 16.6. The number of aliphatic hydroxyl groups is 2. The summed E-state index contributed by atoms with van der Waals surface area (Å²) in [4.78, 5) is 18.2. The standard InChI is InChI=1S/C24H39NO5/c1-8-10-29-25-22-14-18(5)12-16(3)11-17(4)13-19(6)21(9-2)30-23(27)20(7)24(22,28)15-26/h12-13,16,20-21,26,28H,4,8-11,14-15H2,1-3,5-7H3/b18-12+,19-13+,25-22?/t16?,20-,21-,24?/m0/s1. The molecule has 170 valence electrons. The molecule has 1 heterocycles. The Kier molecular flexibility index (Phi) is 10.5. The Labute approximate surface area is 181 Å². The van der Waals surface area contributed by atoms with Gasteiger partial charge in [0.05, 0.1) is 18.2 Å². The molecule has 2 unspecified atom stereocenters. The lowest BCUT2D eigenvalue weighted by atomic mass is 9.81. The quantitative estimate of drug-likeness (QED) is 0.299. The lowest BCUT2D eigenvalue weighted by Crippen LogP contribution is -2.52. The molecule has 0 fully saturated rings. The average Bonchev–Trinajstić information content (AvgIpc) is 2.68. The van der Waals surface area contributed by atoms with E-state index in [4.69, 9.17) is 9.57 Å². The molecule has 4 atom stereocenters. The van der Waals surface area contributed by atoms with E-state index in [1.807, 2.05) is 33.8 Å². The number of carbonyl (C=O) groups excluding carboxylic acids is 1. The molecule has 1 rings (SSSR count). The summed E-state index contributed by atoms with van der Waals surface area (Å²) in [7, 11) is 0. The van der Waals surface area contributed by atoms with Crippen molar-refractivity contribution in [2.75, 3.05) is 13.2 Å². The molecule has 1 aliphatic heterocycles. The Morgan fingerprint density at radius 1 is 1.33 bits per heavy atom. The zero-order valence-electron chi connectivity index (χ0n) is 19.4. The lowest BCUT2D eigenvalue weighted by molar-refractivity contribution is -0.159. The summed E-state index contributed by atoms with van der Waals surface area (Å²) < 4.78 is 5.71. The fraction of sp³-hybridized carbons (Fsp3) is 0.667. The van der Waals surface area contributed by atoms with Crippen molar-refractivity contribution in [1.82, 2.24) is 0 Å². The van der Waals surface area contributed by atoms with Crippen molar-refractivity contribution in [3.8, 4) is 0 Å². The minimum absolute atomic E-state index is 0.222. The Balaban J connectivity index is 3.47. The molecule has 0 aromatic heterocycles. The van der Waals surface area contributed by atoms with Crippen molar-refractivity contribution < 1.29 is 24.6 Å². The van der Waals surface area contributed by atoms with Gasteiger partial charge in [-0.2, -0.15) is 0 Å². The number of ether oxygens (including phenoxy) is 1. The molecule has 6 nitrogen and oxygen atoms in total. The van der Waals surface area contributed by atoms with Gasteiger partial charge >= 0.3 is 5.97 Å². The number of cyclic esters (lactones) is 1. The summed E-state index contributed by atoms with van der Waals surface area (Å²) in [6.07, 6.45) is 6.05. The summed E-state index contributed by atoms with van der Waals surface area (Å²) >= 11 is 0. The van der Waals surface area contributed by atoms with E-state index in [1.54, 1.807) is 6.92 Å². The number of aliphatic hydroxyl groups excluding tert-OH is 1. The van der Waals surface area contributed by atoms with Crippen molar-refractivity contribution in [3.05, 3.63) is 35.5 Å². The zero-order chi connectivity index (χ0) is 22.9. The molecular formula is C24H39NO5. The molecule has 0 saturated carbocycles. The number of allylic oxidation sites excluding steroid dienone is 4. The van der Waals surface area contributed by atoms with Crippen LogP contribution in [0.3, 0.4) is 0 Å². The van der Waals surface area contributed by atoms with Crippen molar-refractivity contribution in [3.63, 3.8) is 0 Å². The number of carbonyl (C=O) groups is 1. The highest BCUT2D eigenvalue weighted by molar-refractivity contribution is 5.97. The number of nitrogens with zero attached hydrogens (tertiary/aromatic N) is 1. The van der Waals surface area contributed by atoms with Crippen LogP contribution >= 0.6 is 0 Å². The van der Waals surface area contributed by atoms with Gasteiger partial charge in [-0.3, -0.25) is 4.79 Å². The summed E-state index contributed by atoms with van der Waals surface area (Å²) in [5.41, 5.74) is 1.18. The normalized spacial score (nSPS) is 34.4. The van der Waals surface area contributed by atoms with Gasteiger partial charge in [0.1, 0.15) is 18.3 Å². The van der Waals surface area contributed by atoms with Crippen LogP contribution in [-0.2, 0) is 14.4 Å². The highest BCUT2D eigenvalue weighted by Crippen LogP contribution is 2.28. The molecular weight excluding hydrogens is 382 g/mol. The van der Waals surface area contributed by atoms with Crippen molar-refractivity contribution in [1.29, 1.82) is 0 Å². The van der Waals surface area contributed by atoms with Gasteiger partial charge in [-0.15, -0.1) is 0 Å². The van der Waals surface area contributed by atoms with E-state index >= 15 is 0 Å². The minimum atomic E-state index is -1.88. The molecule has 0 aliphatic carbocycles. The summed E-state index contributed by atoms with van der Waals surface area (Å²) in [6, 6.07) is 0. The smallest absolute Gasteiger partial charge is 0.312 e. The van der Waals surface area contributed by atoms with Crippen LogP contribution in [0.2, 0.25) is 0 Å². The van der Waals surface area contributed by atoms with E-state index in [1.165, 1.54) is 0 Å². The third kappa shape index (κ3) is 7.10. The second-order valence-corrected chi connectivity index (χ2v) is 8.43. The average molecular weight is 422 g/mol. The monoisotopic (exact) mass is 421 g/mol. The number of rotatable bonds is 5. The largest absolute Gasteiger partial charge is 0.458 e. The zero-order valence-corrected chi connectivity index (χ0v) is 19.4. The van der Waals surface area contributed by atoms with Crippen LogP contribution < -0.4 is 0 Å². The van der Waals surface area contributed by atoms with Crippen LogP contribution in [0.25, 0.3) is 0 Å². The molecule has 0 saturated heterocycles. The van der Waals surface area contributed by atoms with Crippen LogP contribution in [0.4, 0.5) is 0 Å². The number of hydrogen-bond acceptors (Lipinski definition) is 6. The molecule has 0 radical (unpaired) electrons. The third-order valence-corrected chi connectivity index (χ3v) is 5.45.